The summed E-state index contributed by atoms with van der Waals surface area (Å²) < 4.78 is 80.2. The summed E-state index contributed by atoms with van der Waals surface area (Å²) in [5.41, 5.74) is -1.39. The van der Waals surface area contributed by atoms with Gasteiger partial charge < -0.3 is 9.47 Å². The summed E-state index contributed by atoms with van der Waals surface area (Å²) in [6, 6.07) is 0.117. The molecule has 9 heteroatoms. The Labute approximate surface area is 91.0 Å². The Morgan fingerprint density at radius 1 is 1.12 bits per heavy atom. The number of nitrogens with zero attached hydrogens (tertiary/aromatic N) is 1. The van der Waals surface area contributed by atoms with Crippen molar-refractivity contribution in [3.8, 4) is 11.6 Å². The summed E-state index contributed by atoms with van der Waals surface area (Å²) in [7, 11) is 0.941. The van der Waals surface area contributed by atoms with Gasteiger partial charge in [0, 0.05) is 6.07 Å². The first kappa shape index (κ1) is 13.4. The maximum absolute atomic E-state index is 12.4. The monoisotopic (exact) mass is 261 g/mol. The molecule has 17 heavy (non-hydrogen) atoms. The number of ether oxygens (including phenoxy) is 2. The molecule has 0 aromatic carbocycles. The molecule has 0 saturated heterocycles. The van der Waals surface area contributed by atoms with E-state index >= 15 is 0 Å². The van der Waals surface area contributed by atoms with Crippen molar-refractivity contribution in [3.05, 3.63) is 17.8 Å². The smallest absolute Gasteiger partial charge is 0.494 e. The third kappa shape index (κ3) is 3.68. The SMILES string of the molecule is COc1cnc(OC(F)(F)F)cc1C(F)(F)F. The minimum atomic E-state index is -5.11. The second kappa shape index (κ2) is 4.30. The van der Waals surface area contributed by atoms with Crippen LogP contribution < -0.4 is 9.47 Å². The number of halogens is 6. The van der Waals surface area contributed by atoms with Gasteiger partial charge in [-0.05, 0) is 0 Å². The largest absolute Gasteiger partial charge is 0.574 e. The Morgan fingerprint density at radius 3 is 2.12 bits per heavy atom. The molecule has 0 aliphatic carbocycles. The van der Waals surface area contributed by atoms with Gasteiger partial charge in [-0.25, -0.2) is 4.98 Å². The molecule has 0 N–H and O–H groups in total. The number of hydrogen-bond donors (Lipinski definition) is 0. The highest BCUT2D eigenvalue weighted by Crippen LogP contribution is 2.37. The van der Waals surface area contributed by atoms with Gasteiger partial charge in [-0.3, -0.25) is 0 Å². The molecular formula is C8H5F6NO2. The summed E-state index contributed by atoms with van der Waals surface area (Å²) >= 11 is 0. The van der Waals surface area contributed by atoms with Crippen molar-refractivity contribution in [1.82, 2.24) is 4.98 Å². The van der Waals surface area contributed by atoms with Crippen molar-refractivity contribution >= 4 is 0 Å². The second-order valence-corrected chi connectivity index (χ2v) is 2.77. The number of hydrogen-bond acceptors (Lipinski definition) is 3. The first-order valence-electron chi connectivity index (χ1n) is 4.00. The average Bonchev–Trinajstić information content (AvgIpc) is 2.13. The van der Waals surface area contributed by atoms with Gasteiger partial charge >= 0.3 is 12.5 Å². The molecule has 0 atom stereocenters. The van der Waals surface area contributed by atoms with Crippen LogP contribution in [0.15, 0.2) is 12.3 Å². The first-order chi connectivity index (χ1) is 7.63. The van der Waals surface area contributed by atoms with E-state index in [1.54, 1.807) is 0 Å². The van der Waals surface area contributed by atoms with Crippen LogP contribution in [-0.4, -0.2) is 18.5 Å². The minimum absolute atomic E-state index is 0.117. The number of pyridine rings is 1. The number of methoxy groups -OCH3 is 1. The molecule has 1 aromatic rings. The van der Waals surface area contributed by atoms with Crippen LogP contribution in [0.1, 0.15) is 5.56 Å². The maximum atomic E-state index is 12.4. The van der Waals surface area contributed by atoms with Crippen LogP contribution in [0.3, 0.4) is 0 Å². The molecule has 3 nitrogen and oxygen atoms in total. The molecule has 0 fully saturated rings. The van der Waals surface area contributed by atoms with Crippen LogP contribution >= 0.6 is 0 Å². The van der Waals surface area contributed by atoms with Gasteiger partial charge in [0.15, 0.2) is 0 Å². The fourth-order valence-corrected chi connectivity index (χ4v) is 0.982. The summed E-state index contributed by atoms with van der Waals surface area (Å²) in [6.07, 6.45) is -9.47. The zero-order valence-corrected chi connectivity index (χ0v) is 8.19. The minimum Gasteiger partial charge on any atom is -0.494 e. The Balaban J connectivity index is 3.14. The van der Waals surface area contributed by atoms with Crippen LogP contribution in [0.25, 0.3) is 0 Å². The molecule has 0 bridgehead atoms. The summed E-state index contributed by atoms with van der Waals surface area (Å²) in [4.78, 5) is 3.04. The lowest BCUT2D eigenvalue weighted by molar-refractivity contribution is -0.276. The molecule has 0 aliphatic heterocycles. The van der Waals surface area contributed by atoms with Crippen LogP contribution in [0.2, 0.25) is 0 Å². The van der Waals surface area contributed by atoms with Crippen LogP contribution in [0, 0.1) is 0 Å². The standard InChI is InChI=1S/C8H5F6NO2/c1-16-5-3-15-6(17-8(12,13)14)2-4(5)7(9,10)11/h2-3H,1H3. The van der Waals surface area contributed by atoms with E-state index in [1.807, 2.05) is 0 Å². The summed E-state index contributed by atoms with van der Waals surface area (Å²) in [5.74, 6) is -1.89. The molecular weight excluding hydrogens is 256 g/mol. The third-order valence-corrected chi connectivity index (χ3v) is 1.59. The maximum Gasteiger partial charge on any atom is 0.574 e. The molecule has 0 saturated carbocycles. The number of alkyl halides is 6. The van der Waals surface area contributed by atoms with Gasteiger partial charge in [0.2, 0.25) is 5.88 Å². The molecule has 0 amide bonds. The quantitative estimate of drug-likeness (QED) is 0.767. The summed E-state index contributed by atoms with van der Waals surface area (Å²) in [6.45, 7) is 0. The zero-order chi connectivity index (χ0) is 13.3. The Bertz CT molecular complexity index is 400. The topological polar surface area (TPSA) is 31.4 Å². The second-order valence-electron chi connectivity index (χ2n) is 2.77. The lowest BCUT2D eigenvalue weighted by Gasteiger charge is -2.13. The molecule has 0 radical (unpaired) electrons. The highest BCUT2D eigenvalue weighted by molar-refractivity contribution is 5.36. The van der Waals surface area contributed by atoms with E-state index < -0.39 is 29.7 Å². The average molecular weight is 261 g/mol. The van der Waals surface area contributed by atoms with E-state index in [2.05, 4.69) is 14.5 Å². The molecule has 0 aliphatic rings. The van der Waals surface area contributed by atoms with Crippen molar-refractivity contribution in [2.24, 2.45) is 0 Å². The highest BCUT2D eigenvalue weighted by atomic mass is 19.4. The van der Waals surface area contributed by atoms with Gasteiger partial charge in [0.1, 0.15) is 11.3 Å². The molecule has 96 valence electrons. The zero-order valence-electron chi connectivity index (χ0n) is 8.19. The van der Waals surface area contributed by atoms with Gasteiger partial charge in [-0.15, -0.1) is 13.2 Å². The van der Waals surface area contributed by atoms with Crippen molar-refractivity contribution < 1.29 is 35.8 Å². The van der Waals surface area contributed by atoms with E-state index in [1.165, 1.54) is 0 Å². The van der Waals surface area contributed by atoms with Crippen LogP contribution in [0.4, 0.5) is 26.3 Å². The van der Waals surface area contributed by atoms with E-state index in [0.717, 1.165) is 7.11 Å². The van der Waals surface area contributed by atoms with Gasteiger partial charge in [0.05, 0.1) is 13.3 Å². The Kier molecular flexibility index (Phi) is 3.39. The predicted molar refractivity (Wildman–Crippen MR) is 42.5 cm³/mol. The molecule has 1 aromatic heterocycles. The van der Waals surface area contributed by atoms with Gasteiger partial charge in [-0.2, -0.15) is 13.2 Å². The van der Waals surface area contributed by atoms with E-state index in [-0.39, 0.29) is 6.07 Å². The van der Waals surface area contributed by atoms with Gasteiger partial charge in [-0.1, -0.05) is 0 Å². The molecule has 0 unspecified atom stereocenters. The lowest BCUT2D eigenvalue weighted by Crippen LogP contribution is -2.19. The van der Waals surface area contributed by atoms with Crippen LogP contribution in [-0.2, 0) is 6.18 Å². The first-order valence-corrected chi connectivity index (χ1v) is 4.00. The summed E-state index contributed by atoms with van der Waals surface area (Å²) in [5, 5.41) is 0. The third-order valence-electron chi connectivity index (χ3n) is 1.59. The fourth-order valence-electron chi connectivity index (χ4n) is 0.982. The number of aromatic nitrogens is 1. The molecule has 0 spiro atoms. The van der Waals surface area contributed by atoms with E-state index in [9.17, 15) is 26.3 Å². The van der Waals surface area contributed by atoms with Gasteiger partial charge in [0.25, 0.3) is 0 Å². The predicted octanol–water partition coefficient (Wildman–Crippen LogP) is 3.01. The highest BCUT2D eigenvalue weighted by Gasteiger charge is 2.37. The Morgan fingerprint density at radius 2 is 1.71 bits per heavy atom. The van der Waals surface area contributed by atoms with Crippen molar-refractivity contribution in [1.29, 1.82) is 0 Å². The van der Waals surface area contributed by atoms with Crippen molar-refractivity contribution in [2.75, 3.05) is 7.11 Å². The number of rotatable bonds is 2. The van der Waals surface area contributed by atoms with Crippen LogP contribution in [0.5, 0.6) is 11.6 Å². The molecule has 1 rings (SSSR count). The molecule has 1 heterocycles. The van der Waals surface area contributed by atoms with E-state index in [0.29, 0.717) is 6.20 Å². The fraction of sp³-hybridized carbons (Fsp3) is 0.375. The van der Waals surface area contributed by atoms with Crippen molar-refractivity contribution in [3.63, 3.8) is 0 Å². The van der Waals surface area contributed by atoms with E-state index in [4.69, 9.17) is 0 Å². The Hall–Kier alpha value is -1.67. The normalized spacial score (nSPS) is 12.4. The lowest BCUT2D eigenvalue weighted by atomic mass is 10.2. The van der Waals surface area contributed by atoms with Crippen molar-refractivity contribution in [2.45, 2.75) is 12.5 Å².